The molecule has 1 N–H and O–H groups in total. The van der Waals surface area contributed by atoms with Crippen molar-refractivity contribution in [2.75, 3.05) is 18.8 Å². The van der Waals surface area contributed by atoms with Crippen LogP contribution < -0.4 is 5.32 Å². The van der Waals surface area contributed by atoms with E-state index in [1.165, 1.54) is 11.3 Å². The first-order valence-corrected chi connectivity index (χ1v) is 5.70. The van der Waals surface area contributed by atoms with Gasteiger partial charge in [0.2, 0.25) is 0 Å². The van der Waals surface area contributed by atoms with E-state index in [-0.39, 0.29) is 0 Å². The number of thioether (sulfide) groups is 1. The Hall–Kier alpha value is -0.410. The Kier molecular flexibility index (Phi) is 5.01. The summed E-state index contributed by atoms with van der Waals surface area (Å²) < 4.78 is 5.20. The van der Waals surface area contributed by atoms with E-state index >= 15 is 0 Å². The molecule has 1 aromatic rings. The molecule has 0 saturated carbocycles. The first kappa shape index (κ1) is 10.7. The summed E-state index contributed by atoms with van der Waals surface area (Å²) in [5.41, 5.74) is 0. The second-order valence-corrected chi connectivity index (χ2v) is 4.08. The van der Waals surface area contributed by atoms with Crippen LogP contribution in [0.3, 0.4) is 0 Å². The minimum Gasteiger partial charge on any atom is -0.468 e. The van der Waals surface area contributed by atoms with Crippen LogP contribution in [0.4, 0.5) is 0 Å². The van der Waals surface area contributed by atoms with Crippen molar-refractivity contribution < 1.29 is 4.42 Å². The van der Waals surface area contributed by atoms with Crippen LogP contribution in [0.25, 0.3) is 0 Å². The summed E-state index contributed by atoms with van der Waals surface area (Å²) in [5.74, 6) is 2.14. The lowest BCUT2D eigenvalue weighted by Crippen LogP contribution is -2.17. The molecule has 13 heavy (non-hydrogen) atoms. The van der Waals surface area contributed by atoms with Crippen LogP contribution in [0.2, 0.25) is 0 Å². The Morgan fingerprint density at radius 1 is 1.46 bits per heavy atom. The second kappa shape index (κ2) is 6.11. The summed E-state index contributed by atoms with van der Waals surface area (Å²) >= 11 is 1.85. The Bertz CT molecular complexity index is 235. The molecule has 0 spiro atoms. The van der Waals surface area contributed by atoms with Crippen LogP contribution >= 0.6 is 11.8 Å². The van der Waals surface area contributed by atoms with Gasteiger partial charge in [0.25, 0.3) is 0 Å². The molecule has 0 bridgehead atoms. The van der Waals surface area contributed by atoms with Gasteiger partial charge in [-0.05, 0) is 26.0 Å². The molecule has 74 valence electrons. The number of rotatable bonds is 6. The van der Waals surface area contributed by atoms with E-state index in [1.54, 1.807) is 6.26 Å². The Labute approximate surface area is 84.1 Å². The van der Waals surface area contributed by atoms with Crippen molar-refractivity contribution in [3.8, 4) is 0 Å². The lowest BCUT2D eigenvalue weighted by molar-refractivity contribution is 0.527. The lowest BCUT2D eigenvalue weighted by atomic mass is 10.5. The Morgan fingerprint density at radius 2 is 2.31 bits per heavy atom. The van der Waals surface area contributed by atoms with Gasteiger partial charge >= 0.3 is 0 Å². The molecule has 1 rings (SSSR count). The van der Waals surface area contributed by atoms with E-state index in [0.717, 1.165) is 24.6 Å². The highest BCUT2D eigenvalue weighted by Gasteiger charge is 2.00. The predicted octanol–water partition coefficient (Wildman–Crippen LogP) is 2.68. The van der Waals surface area contributed by atoms with Crippen molar-refractivity contribution in [1.29, 1.82) is 0 Å². The predicted molar refractivity (Wildman–Crippen MR) is 57.3 cm³/mol. The average Bonchev–Trinajstić information content (AvgIpc) is 2.52. The fourth-order valence-electron chi connectivity index (χ4n) is 1.06. The Morgan fingerprint density at radius 3 is 2.92 bits per heavy atom. The van der Waals surface area contributed by atoms with Crippen LogP contribution in [-0.2, 0) is 0 Å². The zero-order valence-electron chi connectivity index (χ0n) is 8.30. The normalized spacial score (nSPS) is 10.6. The van der Waals surface area contributed by atoms with Gasteiger partial charge in [-0.3, -0.25) is 0 Å². The van der Waals surface area contributed by atoms with Gasteiger partial charge in [-0.2, -0.15) is 0 Å². The van der Waals surface area contributed by atoms with Crippen LogP contribution in [0.15, 0.2) is 21.6 Å². The van der Waals surface area contributed by atoms with Crippen LogP contribution in [0.1, 0.15) is 19.1 Å². The third-order valence-electron chi connectivity index (χ3n) is 1.77. The maximum atomic E-state index is 5.20. The molecule has 0 aromatic carbocycles. The average molecular weight is 199 g/mol. The van der Waals surface area contributed by atoms with Crippen LogP contribution in [0, 0.1) is 6.92 Å². The molecule has 2 nitrogen and oxygen atoms in total. The molecule has 0 amide bonds. The van der Waals surface area contributed by atoms with Crippen molar-refractivity contribution in [1.82, 2.24) is 5.32 Å². The van der Waals surface area contributed by atoms with E-state index in [1.807, 2.05) is 24.8 Å². The maximum Gasteiger partial charge on any atom is 0.114 e. The lowest BCUT2D eigenvalue weighted by Gasteiger charge is -2.01. The molecular weight excluding hydrogens is 182 g/mol. The molecule has 0 unspecified atom stereocenters. The molecule has 1 aromatic heterocycles. The van der Waals surface area contributed by atoms with Gasteiger partial charge in [0.15, 0.2) is 0 Å². The molecule has 0 saturated heterocycles. The minimum absolute atomic E-state index is 1.03. The first-order chi connectivity index (χ1) is 6.34. The zero-order chi connectivity index (χ0) is 9.52. The molecule has 0 aliphatic carbocycles. The second-order valence-electron chi connectivity index (χ2n) is 2.94. The van der Waals surface area contributed by atoms with Gasteiger partial charge in [0.05, 0.1) is 6.26 Å². The van der Waals surface area contributed by atoms with Crippen molar-refractivity contribution in [2.45, 2.75) is 25.2 Å². The Balaban J connectivity index is 2.10. The third-order valence-corrected chi connectivity index (χ3v) is 2.92. The molecule has 0 fully saturated rings. The minimum atomic E-state index is 1.03. The number of aryl methyl sites for hydroxylation is 1. The van der Waals surface area contributed by atoms with E-state index < -0.39 is 0 Å². The largest absolute Gasteiger partial charge is 0.468 e. The first-order valence-electron chi connectivity index (χ1n) is 4.72. The molecule has 0 aliphatic rings. The van der Waals surface area contributed by atoms with Crippen molar-refractivity contribution in [3.05, 3.63) is 18.1 Å². The summed E-state index contributed by atoms with van der Waals surface area (Å²) in [6, 6.07) is 2.03. The number of nitrogens with one attached hydrogen (secondary N) is 1. The number of furan rings is 1. The summed E-state index contributed by atoms with van der Waals surface area (Å²) in [6.07, 6.45) is 2.95. The van der Waals surface area contributed by atoms with Gasteiger partial charge in [0, 0.05) is 17.2 Å². The summed E-state index contributed by atoms with van der Waals surface area (Å²) in [4.78, 5) is 1.26. The quantitative estimate of drug-likeness (QED) is 0.563. The highest BCUT2D eigenvalue weighted by Crippen LogP contribution is 2.22. The summed E-state index contributed by atoms with van der Waals surface area (Å²) in [5, 5.41) is 3.37. The van der Waals surface area contributed by atoms with Crippen molar-refractivity contribution in [2.24, 2.45) is 0 Å². The van der Waals surface area contributed by atoms with Crippen LogP contribution in [-0.4, -0.2) is 18.8 Å². The van der Waals surface area contributed by atoms with E-state index in [4.69, 9.17) is 4.42 Å². The van der Waals surface area contributed by atoms with E-state index in [0.29, 0.717) is 0 Å². The van der Waals surface area contributed by atoms with E-state index in [2.05, 4.69) is 12.2 Å². The van der Waals surface area contributed by atoms with Gasteiger partial charge in [-0.1, -0.05) is 6.92 Å². The van der Waals surface area contributed by atoms with Crippen molar-refractivity contribution in [3.63, 3.8) is 0 Å². The topological polar surface area (TPSA) is 25.2 Å². The number of hydrogen-bond donors (Lipinski definition) is 1. The third kappa shape index (κ3) is 3.87. The molecule has 0 aliphatic heterocycles. The van der Waals surface area contributed by atoms with Gasteiger partial charge in [0.1, 0.15) is 5.76 Å². The van der Waals surface area contributed by atoms with Crippen molar-refractivity contribution >= 4 is 11.8 Å². The van der Waals surface area contributed by atoms with Crippen LogP contribution in [0.5, 0.6) is 0 Å². The SMILES string of the molecule is CCCNCCSc1ccoc1C. The highest BCUT2D eigenvalue weighted by atomic mass is 32.2. The standard InChI is InChI=1S/C10H17NOS/c1-3-5-11-6-8-13-10-4-7-12-9(10)2/h4,7,11H,3,5-6,8H2,1-2H3. The maximum absolute atomic E-state index is 5.20. The monoisotopic (exact) mass is 199 g/mol. The molecule has 1 heterocycles. The van der Waals surface area contributed by atoms with Gasteiger partial charge in [-0.25, -0.2) is 0 Å². The zero-order valence-corrected chi connectivity index (χ0v) is 9.12. The molecule has 3 heteroatoms. The molecular formula is C10H17NOS. The fourth-order valence-corrected chi connectivity index (χ4v) is 1.93. The summed E-state index contributed by atoms with van der Waals surface area (Å²) in [6.45, 7) is 6.37. The van der Waals surface area contributed by atoms with E-state index in [9.17, 15) is 0 Å². The number of hydrogen-bond acceptors (Lipinski definition) is 3. The molecule has 0 radical (unpaired) electrons. The fraction of sp³-hybridized carbons (Fsp3) is 0.600. The summed E-state index contributed by atoms with van der Waals surface area (Å²) in [7, 11) is 0. The highest BCUT2D eigenvalue weighted by molar-refractivity contribution is 7.99. The van der Waals surface area contributed by atoms with Gasteiger partial charge < -0.3 is 9.73 Å². The van der Waals surface area contributed by atoms with Gasteiger partial charge in [-0.15, -0.1) is 11.8 Å². The molecule has 0 atom stereocenters. The smallest absolute Gasteiger partial charge is 0.114 e.